The summed E-state index contributed by atoms with van der Waals surface area (Å²) in [5.74, 6) is -9.81. The number of ketones is 4. The molecule has 7 rings (SSSR count). The highest BCUT2D eigenvalue weighted by molar-refractivity contribution is 6.32. The van der Waals surface area contributed by atoms with E-state index in [4.69, 9.17) is 15.1 Å². The number of aliphatic hydroxyl groups is 1. The standard InChI is InChI=1S/C38H36N4O7/c1-41(2)26-18-25-34(49-27(40-25)17-22(19-11-7-5-8-12-19)20-13-9-6-10-14-20)29-23(26)15-21-16-24-31(42(3)4)33(44)30(37(39)47)36(46)38(24,48)35(45)28(21)32(29)43/h5-14,17-18,21,24,28,30-31,48H,15-16H2,1-4H3,(H2,39,47)/t21-,24-,28?,30?,31-,38-/m0/s1. The van der Waals surface area contributed by atoms with Gasteiger partial charge in [0.1, 0.15) is 5.52 Å². The Kier molecular flexibility index (Phi) is 7.72. The zero-order chi connectivity index (χ0) is 34.9. The van der Waals surface area contributed by atoms with Crippen molar-refractivity contribution in [2.75, 3.05) is 33.1 Å². The number of hydrogen-bond acceptors (Lipinski definition) is 10. The maximum Gasteiger partial charge on any atom is 0.235 e. The van der Waals surface area contributed by atoms with Gasteiger partial charge >= 0.3 is 0 Å². The quantitative estimate of drug-likeness (QED) is 0.294. The van der Waals surface area contributed by atoms with Crippen molar-refractivity contribution in [3.05, 3.63) is 94.9 Å². The van der Waals surface area contributed by atoms with Crippen molar-refractivity contribution < 1.29 is 33.5 Å². The molecule has 0 saturated heterocycles. The van der Waals surface area contributed by atoms with Gasteiger partial charge in [-0.3, -0.25) is 28.9 Å². The van der Waals surface area contributed by atoms with E-state index in [0.717, 1.165) is 16.7 Å². The van der Waals surface area contributed by atoms with E-state index in [9.17, 15) is 29.1 Å². The molecule has 11 nitrogen and oxygen atoms in total. The Balaban J connectivity index is 1.38. The predicted molar refractivity (Wildman–Crippen MR) is 181 cm³/mol. The summed E-state index contributed by atoms with van der Waals surface area (Å²) in [6.45, 7) is 0. The molecule has 4 aromatic rings. The average Bonchev–Trinajstić information content (AvgIpc) is 3.47. The Labute approximate surface area is 282 Å². The summed E-state index contributed by atoms with van der Waals surface area (Å²) in [5, 5.41) is 12.0. The monoisotopic (exact) mass is 660 g/mol. The maximum absolute atomic E-state index is 14.6. The first-order valence-electron chi connectivity index (χ1n) is 16.2. The molecule has 1 aromatic heterocycles. The van der Waals surface area contributed by atoms with Crippen LogP contribution in [0.5, 0.6) is 0 Å². The molecule has 49 heavy (non-hydrogen) atoms. The highest BCUT2D eigenvalue weighted by Crippen LogP contribution is 2.51. The molecule has 0 spiro atoms. The molecule has 0 radical (unpaired) electrons. The Bertz CT molecular complexity index is 2040. The molecule has 2 saturated carbocycles. The van der Waals surface area contributed by atoms with Gasteiger partial charge in [0.05, 0.1) is 17.5 Å². The summed E-state index contributed by atoms with van der Waals surface area (Å²) >= 11 is 0. The number of carbonyl (C=O) groups excluding carboxylic acids is 5. The lowest BCUT2D eigenvalue weighted by atomic mass is 9.52. The van der Waals surface area contributed by atoms with E-state index < -0.39 is 64.4 Å². The van der Waals surface area contributed by atoms with Crippen LogP contribution >= 0.6 is 0 Å². The SMILES string of the molecule is CN(C)c1cc2nc(C=C(c3ccccc3)c3ccccc3)oc2c2c1C[C@H]1C[C@H]3[C@H](N(C)C)C(=O)C(C(N)=O)C(=O)[C@@]3(O)C(=O)C1C2=O. The normalized spacial score (nSPS) is 26.3. The molecule has 3 N–H and O–H groups in total. The number of aromatic nitrogens is 1. The van der Waals surface area contributed by atoms with Crippen molar-refractivity contribution in [3.63, 3.8) is 0 Å². The number of nitrogens with two attached hydrogens (primary N) is 1. The highest BCUT2D eigenvalue weighted by atomic mass is 16.3. The molecular formula is C38H36N4O7. The van der Waals surface area contributed by atoms with E-state index >= 15 is 0 Å². The van der Waals surface area contributed by atoms with Gasteiger partial charge in [0, 0.05) is 31.8 Å². The van der Waals surface area contributed by atoms with Crippen LogP contribution in [0.3, 0.4) is 0 Å². The molecule has 3 aliphatic rings. The topological polar surface area (TPSA) is 164 Å². The van der Waals surface area contributed by atoms with Crippen molar-refractivity contribution in [3.8, 4) is 0 Å². The fraction of sp³-hybridized carbons (Fsp3) is 0.316. The molecule has 11 heteroatoms. The van der Waals surface area contributed by atoms with Crippen LogP contribution < -0.4 is 10.6 Å². The molecule has 6 atom stereocenters. The number of oxazole rings is 1. The van der Waals surface area contributed by atoms with Crippen LogP contribution in [-0.2, 0) is 25.6 Å². The number of likely N-dealkylation sites (N-methyl/N-ethyl adjacent to an activating group) is 1. The minimum absolute atomic E-state index is 0.0245. The fourth-order valence-corrected chi connectivity index (χ4v) is 8.21. The molecule has 3 aliphatic carbocycles. The lowest BCUT2D eigenvalue weighted by Crippen LogP contribution is -2.74. The van der Waals surface area contributed by atoms with Gasteiger partial charge in [0.25, 0.3) is 0 Å². The summed E-state index contributed by atoms with van der Waals surface area (Å²) in [6.07, 6.45) is 2.09. The first-order chi connectivity index (χ1) is 23.3. The second-order valence-electron chi connectivity index (χ2n) is 13.6. The van der Waals surface area contributed by atoms with Crippen LogP contribution in [0.1, 0.15) is 39.4 Å². The number of rotatable bonds is 6. The number of benzene rings is 3. The smallest absolute Gasteiger partial charge is 0.235 e. The number of fused-ring (bicyclic) bond motifs is 5. The predicted octanol–water partition coefficient (Wildman–Crippen LogP) is 2.96. The van der Waals surface area contributed by atoms with Gasteiger partial charge in [0.15, 0.2) is 40.2 Å². The Hall–Kier alpha value is -5.26. The van der Waals surface area contributed by atoms with E-state index in [1.807, 2.05) is 91.8 Å². The number of primary amides is 1. The second kappa shape index (κ2) is 11.7. The van der Waals surface area contributed by atoms with Gasteiger partial charge in [-0.15, -0.1) is 0 Å². The van der Waals surface area contributed by atoms with Crippen molar-refractivity contribution in [2.24, 2.45) is 29.4 Å². The van der Waals surface area contributed by atoms with Gasteiger partial charge in [0.2, 0.25) is 11.8 Å². The van der Waals surface area contributed by atoms with E-state index in [0.29, 0.717) is 16.8 Å². The van der Waals surface area contributed by atoms with Crippen LogP contribution in [-0.4, -0.2) is 83.9 Å². The third kappa shape index (κ3) is 4.87. The number of amides is 1. The number of Topliss-reactive ketones (excluding diaryl/α,β-unsaturated/α-hetero) is 4. The Morgan fingerprint density at radius 3 is 2.12 bits per heavy atom. The van der Waals surface area contributed by atoms with E-state index in [1.165, 1.54) is 4.90 Å². The van der Waals surface area contributed by atoms with Crippen molar-refractivity contribution >= 4 is 57.5 Å². The molecule has 2 unspecified atom stereocenters. The molecule has 1 heterocycles. The second-order valence-corrected chi connectivity index (χ2v) is 13.6. The van der Waals surface area contributed by atoms with Gasteiger partial charge < -0.3 is 20.2 Å². The molecule has 2 fully saturated rings. The maximum atomic E-state index is 14.6. The number of carbonyl (C=O) groups is 5. The van der Waals surface area contributed by atoms with Crippen molar-refractivity contribution in [2.45, 2.75) is 24.5 Å². The number of anilines is 1. The summed E-state index contributed by atoms with van der Waals surface area (Å²) in [4.78, 5) is 76.5. The number of hydrogen-bond donors (Lipinski definition) is 2. The van der Waals surface area contributed by atoms with Gasteiger partial charge in [-0.05, 0) is 61.2 Å². The molecular weight excluding hydrogens is 624 g/mol. The van der Waals surface area contributed by atoms with Crippen LogP contribution in [0.4, 0.5) is 5.69 Å². The lowest BCUT2D eigenvalue weighted by molar-refractivity contribution is -0.181. The largest absolute Gasteiger partial charge is 0.436 e. The fourth-order valence-electron chi connectivity index (χ4n) is 8.21. The van der Waals surface area contributed by atoms with E-state index in [1.54, 1.807) is 14.1 Å². The Morgan fingerprint density at radius 1 is 0.959 bits per heavy atom. The first kappa shape index (κ1) is 32.3. The Morgan fingerprint density at radius 2 is 1.57 bits per heavy atom. The average molecular weight is 661 g/mol. The van der Waals surface area contributed by atoms with Gasteiger partial charge in [-0.2, -0.15) is 0 Å². The summed E-state index contributed by atoms with van der Waals surface area (Å²) in [7, 11) is 6.84. The molecule has 250 valence electrons. The molecule has 0 bridgehead atoms. The minimum Gasteiger partial charge on any atom is -0.436 e. The summed E-state index contributed by atoms with van der Waals surface area (Å²) in [6, 6.07) is 20.2. The van der Waals surface area contributed by atoms with E-state index in [-0.39, 0.29) is 29.9 Å². The van der Waals surface area contributed by atoms with Crippen LogP contribution in [0.25, 0.3) is 22.7 Å². The third-order valence-corrected chi connectivity index (χ3v) is 10.4. The molecule has 1 amide bonds. The van der Waals surface area contributed by atoms with Crippen LogP contribution in [0.2, 0.25) is 0 Å². The van der Waals surface area contributed by atoms with Crippen molar-refractivity contribution in [1.82, 2.24) is 9.88 Å². The summed E-state index contributed by atoms with van der Waals surface area (Å²) < 4.78 is 6.34. The van der Waals surface area contributed by atoms with Crippen LogP contribution in [0, 0.1) is 23.7 Å². The van der Waals surface area contributed by atoms with E-state index in [2.05, 4.69) is 0 Å². The molecule has 3 aromatic carbocycles. The van der Waals surface area contributed by atoms with Crippen molar-refractivity contribution in [1.29, 1.82) is 0 Å². The zero-order valence-electron chi connectivity index (χ0n) is 27.5. The summed E-state index contributed by atoms with van der Waals surface area (Å²) in [5.41, 5.74) is 7.57. The lowest BCUT2D eigenvalue weighted by Gasteiger charge is -2.52. The number of nitrogens with zero attached hydrogens (tertiary/aromatic N) is 3. The third-order valence-electron chi connectivity index (χ3n) is 10.4. The first-order valence-corrected chi connectivity index (χ1v) is 16.2. The molecule has 0 aliphatic heterocycles. The highest BCUT2D eigenvalue weighted by Gasteiger charge is 2.69. The van der Waals surface area contributed by atoms with Gasteiger partial charge in [-0.1, -0.05) is 60.7 Å². The van der Waals surface area contributed by atoms with Crippen LogP contribution in [0.15, 0.2) is 71.1 Å². The zero-order valence-corrected chi connectivity index (χ0v) is 27.5. The van der Waals surface area contributed by atoms with Gasteiger partial charge in [-0.25, -0.2) is 4.98 Å². The minimum atomic E-state index is -2.75.